The first-order valence-electron chi connectivity index (χ1n) is 6.65. The van der Waals surface area contributed by atoms with E-state index in [4.69, 9.17) is 5.11 Å². The maximum atomic E-state index is 14.5. The van der Waals surface area contributed by atoms with Crippen molar-refractivity contribution in [2.24, 2.45) is 5.92 Å². The third-order valence-corrected chi connectivity index (χ3v) is 3.68. The molecule has 0 radical (unpaired) electrons. The summed E-state index contributed by atoms with van der Waals surface area (Å²) < 4.78 is 52.4. The molecular formula is C16H14F4O2. The van der Waals surface area contributed by atoms with E-state index < -0.39 is 29.8 Å². The van der Waals surface area contributed by atoms with Gasteiger partial charge >= 0.3 is 12.1 Å². The fourth-order valence-corrected chi connectivity index (χ4v) is 2.41. The highest BCUT2D eigenvalue weighted by molar-refractivity contribution is 5.87. The van der Waals surface area contributed by atoms with Crippen LogP contribution >= 0.6 is 0 Å². The molecule has 2 nitrogen and oxygen atoms in total. The first-order chi connectivity index (χ1) is 10.2. The summed E-state index contributed by atoms with van der Waals surface area (Å²) in [6.45, 7) is 1.54. The molecule has 0 aliphatic heterocycles. The number of hydrogen-bond donors (Lipinski definition) is 1. The second kappa shape index (κ2) is 5.94. The normalized spacial score (nSPS) is 20.1. The van der Waals surface area contributed by atoms with Crippen molar-refractivity contribution in [3.05, 3.63) is 58.7 Å². The van der Waals surface area contributed by atoms with E-state index in [1.807, 2.05) is 0 Å². The Labute approximate surface area is 124 Å². The van der Waals surface area contributed by atoms with E-state index >= 15 is 0 Å². The van der Waals surface area contributed by atoms with Crippen LogP contribution in [-0.2, 0) is 0 Å². The minimum Gasteiger partial charge on any atom is -0.478 e. The molecule has 22 heavy (non-hydrogen) atoms. The molecule has 0 amide bonds. The first-order valence-corrected chi connectivity index (χ1v) is 6.65. The minimum absolute atomic E-state index is 0.0286. The molecule has 2 atom stereocenters. The lowest BCUT2D eigenvalue weighted by Crippen LogP contribution is -2.19. The Morgan fingerprint density at radius 1 is 1.23 bits per heavy atom. The van der Waals surface area contributed by atoms with Gasteiger partial charge in [0.2, 0.25) is 0 Å². The second-order valence-corrected chi connectivity index (χ2v) is 5.25. The maximum absolute atomic E-state index is 14.5. The van der Waals surface area contributed by atoms with Crippen LogP contribution in [0.2, 0.25) is 0 Å². The van der Waals surface area contributed by atoms with Crippen LogP contribution in [0.25, 0.3) is 0 Å². The molecule has 2 unspecified atom stereocenters. The van der Waals surface area contributed by atoms with Crippen molar-refractivity contribution in [1.82, 2.24) is 0 Å². The van der Waals surface area contributed by atoms with Gasteiger partial charge < -0.3 is 5.11 Å². The molecule has 1 aliphatic rings. The number of aromatic carboxylic acids is 1. The number of hydrogen-bond acceptors (Lipinski definition) is 1. The average molecular weight is 314 g/mol. The molecule has 0 spiro atoms. The van der Waals surface area contributed by atoms with Gasteiger partial charge in [-0.1, -0.05) is 31.2 Å². The Morgan fingerprint density at radius 2 is 1.82 bits per heavy atom. The van der Waals surface area contributed by atoms with Crippen molar-refractivity contribution in [2.75, 3.05) is 0 Å². The molecule has 0 saturated heterocycles. The Bertz CT molecular complexity index is 627. The fourth-order valence-electron chi connectivity index (χ4n) is 2.41. The summed E-state index contributed by atoms with van der Waals surface area (Å²) in [5.41, 5.74) is -0.152. The third-order valence-electron chi connectivity index (χ3n) is 3.68. The van der Waals surface area contributed by atoms with Gasteiger partial charge in [-0.25, -0.2) is 9.18 Å². The first kappa shape index (κ1) is 16.3. The van der Waals surface area contributed by atoms with Gasteiger partial charge in [0.1, 0.15) is 6.17 Å². The minimum atomic E-state index is -4.40. The maximum Gasteiger partial charge on any atom is 0.412 e. The Balaban J connectivity index is 2.25. The Kier molecular flexibility index (Phi) is 4.39. The number of benzene rings is 1. The van der Waals surface area contributed by atoms with E-state index in [-0.39, 0.29) is 23.1 Å². The van der Waals surface area contributed by atoms with Gasteiger partial charge in [0.15, 0.2) is 0 Å². The van der Waals surface area contributed by atoms with Crippen molar-refractivity contribution >= 4 is 5.97 Å². The summed E-state index contributed by atoms with van der Waals surface area (Å²) in [5, 5.41) is 8.79. The number of allylic oxidation sites excluding steroid dienone is 4. The molecule has 0 saturated carbocycles. The van der Waals surface area contributed by atoms with Crippen molar-refractivity contribution in [2.45, 2.75) is 25.7 Å². The molecule has 1 aliphatic carbocycles. The van der Waals surface area contributed by atoms with Crippen molar-refractivity contribution < 1.29 is 27.5 Å². The zero-order valence-electron chi connectivity index (χ0n) is 11.7. The SMILES string of the molecule is CC1CC(C(F)(F)F)=CC=C1C(F)c1ccc(C(=O)O)cc1. The van der Waals surface area contributed by atoms with Crippen LogP contribution in [0.1, 0.15) is 35.4 Å². The molecule has 1 N–H and O–H groups in total. The van der Waals surface area contributed by atoms with Crippen LogP contribution in [0.5, 0.6) is 0 Å². The summed E-state index contributed by atoms with van der Waals surface area (Å²) in [5.74, 6) is -1.69. The lowest BCUT2D eigenvalue weighted by atomic mass is 9.84. The van der Waals surface area contributed by atoms with Crippen LogP contribution in [-0.4, -0.2) is 17.3 Å². The number of carbonyl (C=O) groups is 1. The van der Waals surface area contributed by atoms with Gasteiger partial charge in [0, 0.05) is 5.57 Å². The van der Waals surface area contributed by atoms with Gasteiger partial charge in [-0.2, -0.15) is 13.2 Å². The van der Waals surface area contributed by atoms with E-state index in [2.05, 4.69) is 0 Å². The summed E-state index contributed by atoms with van der Waals surface area (Å²) in [6, 6.07) is 5.22. The highest BCUT2D eigenvalue weighted by Crippen LogP contribution is 2.41. The van der Waals surface area contributed by atoms with Crippen molar-refractivity contribution in [1.29, 1.82) is 0 Å². The molecule has 0 fully saturated rings. The Morgan fingerprint density at radius 3 is 2.27 bits per heavy atom. The summed E-state index contributed by atoms with van der Waals surface area (Å²) in [4.78, 5) is 10.7. The predicted octanol–water partition coefficient (Wildman–Crippen LogP) is 4.85. The van der Waals surface area contributed by atoms with Crippen LogP contribution < -0.4 is 0 Å². The topological polar surface area (TPSA) is 37.3 Å². The van der Waals surface area contributed by atoms with E-state index in [1.165, 1.54) is 30.3 Å². The molecular weight excluding hydrogens is 300 g/mol. The molecule has 0 heterocycles. The van der Waals surface area contributed by atoms with Crippen LogP contribution in [0.4, 0.5) is 17.6 Å². The standard InChI is InChI=1S/C16H14F4O2/c1-9-8-12(16(18,19)20)6-7-13(9)14(17)10-2-4-11(5-3-10)15(21)22/h2-7,9,14H,8H2,1H3,(H,21,22). The number of carboxylic acid groups (broad SMARTS) is 1. The molecule has 1 aromatic rings. The average Bonchev–Trinajstić information content (AvgIpc) is 2.45. The highest BCUT2D eigenvalue weighted by Gasteiger charge is 2.37. The summed E-state index contributed by atoms with van der Waals surface area (Å²) in [7, 11) is 0. The van der Waals surface area contributed by atoms with Crippen LogP contribution in [0, 0.1) is 5.92 Å². The number of carboxylic acids is 1. The fraction of sp³-hybridized carbons (Fsp3) is 0.312. The highest BCUT2D eigenvalue weighted by atomic mass is 19.4. The number of alkyl halides is 4. The third kappa shape index (κ3) is 3.37. The predicted molar refractivity (Wildman–Crippen MR) is 73.3 cm³/mol. The van der Waals surface area contributed by atoms with Gasteiger partial charge in [-0.15, -0.1) is 0 Å². The van der Waals surface area contributed by atoms with Crippen molar-refractivity contribution in [3.8, 4) is 0 Å². The molecule has 118 valence electrons. The van der Waals surface area contributed by atoms with E-state index in [1.54, 1.807) is 6.92 Å². The molecule has 0 bridgehead atoms. The van der Waals surface area contributed by atoms with Gasteiger partial charge in [0.25, 0.3) is 0 Å². The molecule has 1 aromatic carbocycles. The summed E-state index contributed by atoms with van der Waals surface area (Å²) >= 11 is 0. The van der Waals surface area contributed by atoms with Crippen LogP contribution in [0.3, 0.4) is 0 Å². The summed E-state index contributed by atoms with van der Waals surface area (Å²) in [6.07, 6.45) is -4.13. The van der Waals surface area contributed by atoms with Gasteiger partial charge in [0.05, 0.1) is 5.56 Å². The lowest BCUT2D eigenvalue weighted by molar-refractivity contribution is -0.0952. The van der Waals surface area contributed by atoms with Gasteiger partial charge in [-0.3, -0.25) is 0 Å². The zero-order chi connectivity index (χ0) is 16.5. The lowest BCUT2D eigenvalue weighted by Gasteiger charge is -2.25. The molecule has 2 rings (SSSR count). The Hall–Kier alpha value is -2.11. The van der Waals surface area contributed by atoms with E-state index in [0.717, 1.165) is 6.08 Å². The quantitative estimate of drug-likeness (QED) is 0.810. The van der Waals surface area contributed by atoms with Gasteiger partial charge in [-0.05, 0) is 35.6 Å². The van der Waals surface area contributed by atoms with E-state index in [9.17, 15) is 22.4 Å². The number of halogens is 4. The second-order valence-electron chi connectivity index (χ2n) is 5.25. The zero-order valence-corrected chi connectivity index (χ0v) is 11.7. The van der Waals surface area contributed by atoms with Crippen molar-refractivity contribution in [3.63, 3.8) is 0 Å². The molecule has 6 heteroatoms. The van der Waals surface area contributed by atoms with E-state index in [0.29, 0.717) is 0 Å². The monoisotopic (exact) mass is 314 g/mol. The molecule has 0 aromatic heterocycles. The van der Waals surface area contributed by atoms with Crippen LogP contribution in [0.15, 0.2) is 47.6 Å². The largest absolute Gasteiger partial charge is 0.478 e. The number of rotatable bonds is 3. The smallest absolute Gasteiger partial charge is 0.412 e.